The van der Waals surface area contributed by atoms with Gasteiger partial charge in [0.25, 0.3) is 11.5 Å². The number of aromatic nitrogens is 2. The Labute approximate surface area is 159 Å². The van der Waals surface area contributed by atoms with Crippen molar-refractivity contribution in [2.45, 2.75) is 19.3 Å². The van der Waals surface area contributed by atoms with Crippen molar-refractivity contribution >= 4 is 33.4 Å². The van der Waals surface area contributed by atoms with E-state index in [2.05, 4.69) is 4.90 Å². The maximum Gasteiger partial charge on any atom is 0.289 e. The SMILES string of the molecule is Cn1c(N2CCN(C(=O)c3ccco3)CC2)nc2sc3c(c2c1=O)CCC3. The van der Waals surface area contributed by atoms with Gasteiger partial charge in [-0.2, -0.15) is 0 Å². The summed E-state index contributed by atoms with van der Waals surface area (Å²) in [6.07, 6.45) is 4.69. The van der Waals surface area contributed by atoms with Gasteiger partial charge in [0, 0.05) is 38.1 Å². The van der Waals surface area contributed by atoms with E-state index in [1.165, 1.54) is 16.7 Å². The maximum absolute atomic E-state index is 13.0. The molecule has 27 heavy (non-hydrogen) atoms. The molecule has 0 atom stereocenters. The van der Waals surface area contributed by atoms with Crippen LogP contribution in [0, 0.1) is 0 Å². The van der Waals surface area contributed by atoms with Crippen LogP contribution < -0.4 is 10.5 Å². The number of furan rings is 1. The average Bonchev–Trinajstić information content (AvgIpc) is 3.41. The molecular weight excluding hydrogens is 364 g/mol. The largest absolute Gasteiger partial charge is 0.459 e. The molecule has 0 N–H and O–H groups in total. The van der Waals surface area contributed by atoms with E-state index in [0.29, 0.717) is 37.9 Å². The second-order valence-electron chi connectivity index (χ2n) is 7.07. The molecule has 0 spiro atoms. The summed E-state index contributed by atoms with van der Waals surface area (Å²) in [5.74, 6) is 0.965. The molecule has 0 bridgehead atoms. The van der Waals surface area contributed by atoms with E-state index >= 15 is 0 Å². The molecule has 5 rings (SSSR count). The first kappa shape index (κ1) is 16.6. The van der Waals surface area contributed by atoms with Crippen molar-refractivity contribution in [1.29, 1.82) is 0 Å². The van der Waals surface area contributed by atoms with Gasteiger partial charge in [-0.15, -0.1) is 11.3 Å². The first-order chi connectivity index (χ1) is 13.1. The van der Waals surface area contributed by atoms with Gasteiger partial charge in [0.05, 0.1) is 11.6 Å². The zero-order chi connectivity index (χ0) is 18.5. The van der Waals surface area contributed by atoms with Gasteiger partial charge in [-0.25, -0.2) is 4.98 Å². The minimum Gasteiger partial charge on any atom is -0.459 e. The summed E-state index contributed by atoms with van der Waals surface area (Å²) in [5, 5.41) is 0.811. The predicted molar refractivity (Wildman–Crippen MR) is 104 cm³/mol. The fourth-order valence-corrected chi connectivity index (χ4v) is 5.31. The van der Waals surface area contributed by atoms with Crippen LogP contribution in [0.2, 0.25) is 0 Å². The first-order valence-corrected chi connectivity index (χ1v) is 10.0. The molecule has 1 saturated heterocycles. The van der Waals surface area contributed by atoms with Crippen LogP contribution in [-0.2, 0) is 19.9 Å². The van der Waals surface area contributed by atoms with Crippen molar-refractivity contribution in [3.8, 4) is 0 Å². The quantitative estimate of drug-likeness (QED) is 0.676. The van der Waals surface area contributed by atoms with Crippen LogP contribution in [0.1, 0.15) is 27.4 Å². The third-order valence-corrected chi connectivity index (χ3v) is 6.69. The van der Waals surface area contributed by atoms with Crippen LogP contribution >= 0.6 is 11.3 Å². The van der Waals surface area contributed by atoms with E-state index in [0.717, 1.165) is 29.5 Å². The molecule has 7 nitrogen and oxygen atoms in total. The normalized spacial score (nSPS) is 16.9. The van der Waals surface area contributed by atoms with E-state index in [4.69, 9.17) is 9.40 Å². The fourth-order valence-electron chi connectivity index (χ4n) is 4.06. The molecule has 0 saturated carbocycles. The summed E-state index contributed by atoms with van der Waals surface area (Å²) in [5.41, 5.74) is 1.26. The lowest BCUT2D eigenvalue weighted by atomic mass is 10.2. The predicted octanol–water partition coefficient (Wildman–Crippen LogP) is 2.04. The molecule has 1 amide bonds. The molecule has 3 aromatic heterocycles. The molecule has 140 valence electrons. The molecule has 2 aliphatic rings. The number of carbonyl (C=O) groups is 1. The Morgan fingerprint density at radius 3 is 2.78 bits per heavy atom. The highest BCUT2D eigenvalue weighted by atomic mass is 32.1. The lowest BCUT2D eigenvalue weighted by Crippen LogP contribution is -2.50. The fraction of sp³-hybridized carbons (Fsp3) is 0.421. The second kappa shape index (κ2) is 6.23. The highest BCUT2D eigenvalue weighted by molar-refractivity contribution is 7.18. The van der Waals surface area contributed by atoms with E-state index < -0.39 is 0 Å². The van der Waals surface area contributed by atoms with Gasteiger partial charge in [0.2, 0.25) is 5.95 Å². The van der Waals surface area contributed by atoms with Crippen LogP contribution in [0.15, 0.2) is 27.6 Å². The molecule has 1 aliphatic carbocycles. The third kappa shape index (κ3) is 2.58. The number of thiophene rings is 1. The lowest BCUT2D eigenvalue weighted by Gasteiger charge is -2.35. The zero-order valence-electron chi connectivity index (χ0n) is 15.1. The Morgan fingerprint density at radius 1 is 1.22 bits per heavy atom. The van der Waals surface area contributed by atoms with Crippen LogP contribution in [0.4, 0.5) is 5.95 Å². The number of aryl methyl sites for hydroxylation is 2. The maximum atomic E-state index is 13.0. The molecule has 0 unspecified atom stereocenters. The summed E-state index contributed by atoms with van der Waals surface area (Å²) in [6, 6.07) is 3.40. The summed E-state index contributed by atoms with van der Waals surface area (Å²) < 4.78 is 6.88. The van der Waals surface area contributed by atoms with Gasteiger partial charge in [-0.05, 0) is 37.0 Å². The summed E-state index contributed by atoms with van der Waals surface area (Å²) in [4.78, 5) is 36.3. The number of nitrogens with zero attached hydrogens (tertiary/aromatic N) is 4. The Morgan fingerprint density at radius 2 is 2.04 bits per heavy atom. The minimum atomic E-state index is -0.0911. The van der Waals surface area contributed by atoms with E-state index in [1.54, 1.807) is 40.0 Å². The van der Waals surface area contributed by atoms with Crippen molar-refractivity contribution in [1.82, 2.24) is 14.5 Å². The number of amides is 1. The Hall–Kier alpha value is -2.61. The van der Waals surface area contributed by atoms with Crippen LogP contribution in [0.5, 0.6) is 0 Å². The molecule has 0 radical (unpaired) electrons. The Kier molecular flexibility index (Phi) is 3.82. The average molecular weight is 384 g/mol. The summed E-state index contributed by atoms with van der Waals surface area (Å²) >= 11 is 1.66. The number of rotatable bonds is 2. The Bertz CT molecular complexity index is 1070. The highest BCUT2D eigenvalue weighted by Gasteiger charge is 2.27. The number of hydrogen-bond donors (Lipinski definition) is 0. The van der Waals surface area contributed by atoms with Gasteiger partial charge >= 0.3 is 0 Å². The van der Waals surface area contributed by atoms with Crippen molar-refractivity contribution in [3.63, 3.8) is 0 Å². The van der Waals surface area contributed by atoms with Gasteiger partial charge in [0.1, 0.15) is 4.83 Å². The summed E-state index contributed by atoms with van der Waals surface area (Å²) in [7, 11) is 1.80. The monoisotopic (exact) mass is 384 g/mol. The van der Waals surface area contributed by atoms with Crippen molar-refractivity contribution in [2.24, 2.45) is 7.05 Å². The standard InChI is InChI=1S/C19H20N4O3S/c1-21-18(25)15-12-4-2-6-14(12)27-16(15)20-19(21)23-9-7-22(8-10-23)17(24)13-5-3-11-26-13/h3,5,11H,2,4,6-10H2,1H3. The molecule has 1 aliphatic heterocycles. The Balaban J connectivity index is 1.41. The molecular formula is C19H20N4O3S. The topological polar surface area (TPSA) is 71.6 Å². The number of carbonyl (C=O) groups excluding carboxylic acids is 1. The summed E-state index contributed by atoms with van der Waals surface area (Å²) in [6.45, 7) is 2.44. The minimum absolute atomic E-state index is 0.0449. The van der Waals surface area contributed by atoms with Crippen LogP contribution in [0.3, 0.4) is 0 Å². The zero-order valence-corrected chi connectivity index (χ0v) is 15.9. The second-order valence-corrected chi connectivity index (χ2v) is 8.15. The molecule has 8 heteroatoms. The van der Waals surface area contributed by atoms with Crippen LogP contribution in [0.25, 0.3) is 10.2 Å². The number of anilines is 1. The third-order valence-electron chi connectivity index (χ3n) is 5.50. The van der Waals surface area contributed by atoms with Crippen molar-refractivity contribution in [2.75, 3.05) is 31.1 Å². The van der Waals surface area contributed by atoms with Crippen LogP contribution in [-0.4, -0.2) is 46.5 Å². The molecule has 0 aromatic carbocycles. The lowest BCUT2D eigenvalue weighted by molar-refractivity contribution is 0.0714. The molecule has 1 fully saturated rings. The van der Waals surface area contributed by atoms with E-state index in [9.17, 15) is 9.59 Å². The van der Waals surface area contributed by atoms with Gasteiger partial charge in [-0.3, -0.25) is 14.2 Å². The van der Waals surface area contributed by atoms with E-state index in [1.807, 2.05) is 0 Å². The number of hydrogen-bond acceptors (Lipinski definition) is 6. The number of piperazine rings is 1. The van der Waals surface area contributed by atoms with Gasteiger partial charge < -0.3 is 14.2 Å². The van der Waals surface area contributed by atoms with E-state index in [-0.39, 0.29) is 11.5 Å². The highest BCUT2D eigenvalue weighted by Crippen LogP contribution is 2.35. The van der Waals surface area contributed by atoms with Crippen molar-refractivity contribution < 1.29 is 9.21 Å². The first-order valence-electron chi connectivity index (χ1n) is 9.22. The van der Waals surface area contributed by atoms with Crippen molar-refractivity contribution in [3.05, 3.63) is 45.0 Å². The van der Waals surface area contributed by atoms with Gasteiger partial charge in [0.15, 0.2) is 5.76 Å². The van der Waals surface area contributed by atoms with Gasteiger partial charge in [-0.1, -0.05) is 0 Å². The number of fused-ring (bicyclic) bond motifs is 3. The molecule has 4 heterocycles. The smallest absolute Gasteiger partial charge is 0.289 e. The molecule has 3 aromatic rings.